The first-order valence-corrected chi connectivity index (χ1v) is 8.51. The summed E-state index contributed by atoms with van der Waals surface area (Å²) in [5.41, 5.74) is 4.60. The molecule has 5 heteroatoms. The molecule has 0 N–H and O–H groups in total. The number of carbonyl (C=O) groups excluding carboxylic acids is 1. The molecule has 0 aliphatic carbocycles. The van der Waals surface area contributed by atoms with Crippen LogP contribution in [0.4, 0.5) is 5.69 Å². The average molecular weight is 349 g/mol. The second-order valence-corrected chi connectivity index (χ2v) is 6.41. The van der Waals surface area contributed by atoms with Crippen LogP contribution >= 0.6 is 0 Å². The first-order valence-electron chi connectivity index (χ1n) is 8.51. The van der Waals surface area contributed by atoms with Crippen LogP contribution in [-0.4, -0.2) is 22.7 Å². The van der Waals surface area contributed by atoms with E-state index in [2.05, 4.69) is 5.10 Å². The maximum Gasteiger partial charge on any atom is 0.258 e. The number of amides is 1. The van der Waals surface area contributed by atoms with Crippen molar-refractivity contribution in [2.24, 2.45) is 7.05 Å². The van der Waals surface area contributed by atoms with Gasteiger partial charge in [-0.3, -0.25) is 9.48 Å². The van der Waals surface area contributed by atoms with Crippen molar-refractivity contribution >= 4 is 11.6 Å². The number of aromatic nitrogens is 2. The number of rotatable bonds is 5. The molecule has 1 aromatic heterocycles. The van der Waals surface area contributed by atoms with Crippen LogP contribution in [0.2, 0.25) is 0 Å². The summed E-state index contributed by atoms with van der Waals surface area (Å²) in [5, 5.41) is 4.37. The summed E-state index contributed by atoms with van der Waals surface area (Å²) in [5.74, 6) is 0.705. The fraction of sp³-hybridized carbons (Fsp3) is 0.238. The monoisotopic (exact) mass is 349 g/mol. The van der Waals surface area contributed by atoms with Gasteiger partial charge >= 0.3 is 0 Å². The number of benzene rings is 2. The Kier molecular flexibility index (Phi) is 5.07. The molecule has 134 valence electrons. The van der Waals surface area contributed by atoms with Crippen molar-refractivity contribution in [2.45, 2.75) is 20.5 Å². The van der Waals surface area contributed by atoms with Crippen molar-refractivity contribution < 1.29 is 9.53 Å². The highest BCUT2D eigenvalue weighted by molar-refractivity contribution is 6.05. The van der Waals surface area contributed by atoms with Gasteiger partial charge in [-0.1, -0.05) is 17.7 Å². The van der Waals surface area contributed by atoms with Gasteiger partial charge < -0.3 is 9.64 Å². The van der Waals surface area contributed by atoms with Gasteiger partial charge in [0.1, 0.15) is 18.1 Å². The SMILES string of the molecule is Cc1ccc(C(=O)N(C)c2ccc(OCc3cc(C)n(C)n3)cc2)cc1. The van der Waals surface area contributed by atoms with Gasteiger partial charge in [0.15, 0.2) is 0 Å². The molecule has 0 atom stereocenters. The van der Waals surface area contributed by atoms with Gasteiger partial charge in [0.25, 0.3) is 5.91 Å². The van der Waals surface area contributed by atoms with Crippen molar-refractivity contribution in [3.05, 3.63) is 77.1 Å². The zero-order chi connectivity index (χ0) is 18.7. The first kappa shape index (κ1) is 17.7. The lowest BCUT2D eigenvalue weighted by atomic mass is 10.1. The Morgan fingerprint density at radius 2 is 1.73 bits per heavy atom. The third-order valence-corrected chi connectivity index (χ3v) is 4.38. The molecule has 1 amide bonds. The normalized spacial score (nSPS) is 10.6. The van der Waals surface area contributed by atoms with Crippen LogP contribution in [0.5, 0.6) is 5.75 Å². The van der Waals surface area contributed by atoms with E-state index >= 15 is 0 Å². The maximum atomic E-state index is 12.6. The minimum Gasteiger partial charge on any atom is -0.487 e. The number of aryl methyl sites for hydroxylation is 3. The summed E-state index contributed by atoms with van der Waals surface area (Å²) in [4.78, 5) is 14.2. The molecule has 5 nitrogen and oxygen atoms in total. The molecule has 0 saturated carbocycles. The Labute approximate surface area is 153 Å². The Morgan fingerprint density at radius 3 is 2.31 bits per heavy atom. The summed E-state index contributed by atoms with van der Waals surface area (Å²) in [6.07, 6.45) is 0. The molecule has 0 unspecified atom stereocenters. The van der Waals surface area contributed by atoms with E-state index in [-0.39, 0.29) is 5.91 Å². The molecule has 0 aliphatic heterocycles. The highest BCUT2D eigenvalue weighted by Gasteiger charge is 2.13. The maximum absolute atomic E-state index is 12.6. The second kappa shape index (κ2) is 7.44. The van der Waals surface area contributed by atoms with E-state index in [9.17, 15) is 4.79 Å². The Morgan fingerprint density at radius 1 is 1.08 bits per heavy atom. The van der Waals surface area contributed by atoms with E-state index in [1.165, 1.54) is 0 Å². The predicted molar refractivity (Wildman–Crippen MR) is 103 cm³/mol. The van der Waals surface area contributed by atoms with Gasteiger partial charge in [-0.2, -0.15) is 5.10 Å². The summed E-state index contributed by atoms with van der Waals surface area (Å²) in [6.45, 7) is 4.42. The summed E-state index contributed by atoms with van der Waals surface area (Å²) >= 11 is 0. The highest BCUT2D eigenvalue weighted by atomic mass is 16.5. The summed E-state index contributed by atoms with van der Waals surface area (Å²) in [7, 11) is 3.68. The van der Waals surface area contributed by atoms with Crippen molar-refractivity contribution in [1.82, 2.24) is 9.78 Å². The largest absolute Gasteiger partial charge is 0.487 e. The molecule has 0 fully saturated rings. The average Bonchev–Trinajstić information content (AvgIpc) is 2.98. The second-order valence-electron chi connectivity index (χ2n) is 6.41. The quantitative estimate of drug-likeness (QED) is 0.702. The van der Waals surface area contributed by atoms with Gasteiger partial charge in [-0.15, -0.1) is 0 Å². The van der Waals surface area contributed by atoms with Crippen LogP contribution in [0.3, 0.4) is 0 Å². The summed E-state index contributed by atoms with van der Waals surface area (Å²) in [6, 6.07) is 17.1. The standard InChI is InChI=1S/C21H23N3O2/c1-15-5-7-17(8-6-15)21(25)23(3)19-9-11-20(12-10-19)26-14-18-13-16(2)24(4)22-18/h5-13H,14H2,1-4H3. The minimum absolute atomic E-state index is 0.0392. The van der Waals surface area contributed by atoms with Crippen LogP contribution in [0, 0.1) is 13.8 Å². The molecule has 0 saturated heterocycles. The van der Waals surface area contributed by atoms with Crippen molar-refractivity contribution in [3.8, 4) is 5.75 Å². The smallest absolute Gasteiger partial charge is 0.258 e. The molecular weight excluding hydrogens is 326 g/mol. The lowest BCUT2D eigenvalue weighted by Crippen LogP contribution is -2.26. The van der Waals surface area contributed by atoms with Crippen LogP contribution in [0.1, 0.15) is 27.3 Å². The van der Waals surface area contributed by atoms with E-state index in [0.29, 0.717) is 12.2 Å². The van der Waals surface area contributed by atoms with E-state index in [4.69, 9.17) is 4.74 Å². The topological polar surface area (TPSA) is 47.4 Å². The number of ether oxygens (including phenoxy) is 1. The van der Waals surface area contributed by atoms with Gasteiger partial charge in [-0.25, -0.2) is 0 Å². The number of anilines is 1. The number of hydrogen-bond acceptors (Lipinski definition) is 3. The van der Waals surface area contributed by atoms with Crippen LogP contribution < -0.4 is 9.64 Å². The third kappa shape index (κ3) is 3.94. The third-order valence-electron chi connectivity index (χ3n) is 4.38. The Hall–Kier alpha value is -3.08. The van der Waals surface area contributed by atoms with Crippen molar-refractivity contribution in [3.63, 3.8) is 0 Å². The zero-order valence-electron chi connectivity index (χ0n) is 15.6. The molecule has 0 aliphatic rings. The number of nitrogens with zero attached hydrogens (tertiary/aromatic N) is 3. The number of carbonyl (C=O) groups is 1. The fourth-order valence-corrected chi connectivity index (χ4v) is 2.64. The highest BCUT2D eigenvalue weighted by Crippen LogP contribution is 2.21. The fourth-order valence-electron chi connectivity index (χ4n) is 2.64. The molecule has 0 radical (unpaired) electrons. The molecule has 3 aromatic rings. The number of hydrogen-bond donors (Lipinski definition) is 0. The molecular formula is C21H23N3O2. The van der Waals surface area contributed by atoms with E-state index in [0.717, 1.165) is 28.4 Å². The molecule has 3 rings (SSSR count). The van der Waals surface area contributed by atoms with Gasteiger partial charge in [0, 0.05) is 31.0 Å². The van der Waals surface area contributed by atoms with Crippen molar-refractivity contribution in [2.75, 3.05) is 11.9 Å². The zero-order valence-corrected chi connectivity index (χ0v) is 15.6. The van der Waals surface area contributed by atoms with E-state index < -0.39 is 0 Å². The van der Waals surface area contributed by atoms with Crippen LogP contribution in [-0.2, 0) is 13.7 Å². The lowest BCUT2D eigenvalue weighted by molar-refractivity contribution is 0.0993. The van der Waals surface area contributed by atoms with Gasteiger partial charge in [-0.05, 0) is 56.3 Å². The van der Waals surface area contributed by atoms with Crippen molar-refractivity contribution in [1.29, 1.82) is 0 Å². The summed E-state index contributed by atoms with van der Waals surface area (Å²) < 4.78 is 7.60. The molecule has 0 bridgehead atoms. The minimum atomic E-state index is -0.0392. The van der Waals surface area contributed by atoms with Gasteiger partial charge in [0.2, 0.25) is 0 Å². The molecule has 1 heterocycles. The molecule has 26 heavy (non-hydrogen) atoms. The van der Waals surface area contributed by atoms with Crippen LogP contribution in [0.25, 0.3) is 0 Å². The van der Waals surface area contributed by atoms with E-state index in [1.54, 1.807) is 11.9 Å². The van der Waals surface area contributed by atoms with Crippen LogP contribution in [0.15, 0.2) is 54.6 Å². The van der Waals surface area contributed by atoms with Gasteiger partial charge in [0.05, 0.1) is 0 Å². The van der Waals surface area contributed by atoms with E-state index in [1.807, 2.05) is 80.2 Å². The Balaban J connectivity index is 1.64. The molecule has 2 aromatic carbocycles. The Bertz CT molecular complexity index is 877. The predicted octanol–water partition coefficient (Wildman–Crippen LogP) is 3.89. The lowest BCUT2D eigenvalue weighted by Gasteiger charge is -2.18. The first-order chi connectivity index (χ1) is 12.4. The molecule has 0 spiro atoms.